The summed E-state index contributed by atoms with van der Waals surface area (Å²) in [6.45, 7) is 4.27. The van der Waals surface area contributed by atoms with Crippen molar-refractivity contribution in [1.29, 1.82) is 0 Å². The zero-order chi connectivity index (χ0) is 17.3. The number of furan rings is 1. The van der Waals surface area contributed by atoms with Gasteiger partial charge in [-0.25, -0.2) is 9.78 Å². The molecule has 1 N–H and O–H groups in total. The lowest BCUT2D eigenvalue weighted by atomic mass is 10.1. The van der Waals surface area contributed by atoms with E-state index in [9.17, 15) is 9.59 Å². The van der Waals surface area contributed by atoms with Crippen LogP contribution in [0.3, 0.4) is 0 Å². The summed E-state index contributed by atoms with van der Waals surface area (Å²) in [7, 11) is 0. The fourth-order valence-corrected chi connectivity index (χ4v) is 3.12. The number of rotatable bonds is 4. The summed E-state index contributed by atoms with van der Waals surface area (Å²) >= 11 is 0. The van der Waals surface area contributed by atoms with Crippen LogP contribution in [0.25, 0.3) is 0 Å². The molecule has 1 aliphatic heterocycles. The van der Waals surface area contributed by atoms with Gasteiger partial charge >= 0.3 is 5.97 Å². The Morgan fingerprint density at radius 1 is 1.33 bits per heavy atom. The summed E-state index contributed by atoms with van der Waals surface area (Å²) in [4.78, 5) is 29.8. The topological polar surface area (TPSA) is 83.6 Å². The summed E-state index contributed by atoms with van der Waals surface area (Å²) in [5, 5.41) is 9.08. The summed E-state index contributed by atoms with van der Waals surface area (Å²) in [6, 6.07) is 6.71. The van der Waals surface area contributed by atoms with Crippen molar-refractivity contribution in [2.75, 3.05) is 6.54 Å². The first-order chi connectivity index (χ1) is 11.5. The molecule has 24 heavy (non-hydrogen) atoms. The Hall–Kier alpha value is -2.63. The van der Waals surface area contributed by atoms with Crippen LogP contribution in [0.15, 0.2) is 28.7 Å². The van der Waals surface area contributed by atoms with Crippen LogP contribution in [0.5, 0.6) is 0 Å². The summed E-state index contributed by atoms with van der Waals surface area (Å²) in [5.41, 5.74) is 0.727. The Labute approximate surface area is 140 Å². The van der Waals surface area contributed by atoms with Crippen molar-refractivity contribution < 1.29 is 19.1 Å². The lowest BCUT2D eigenvalue weighted by molar-refractivity contribution is 0.0686. The van der Waals surface area contributed by atoms with Gasteiger partial charge in [0.25, 0.3) is 5.91 Å². The number of carboxylic acids is 1. The van der Waals surface area contributed by atoms with Crippen LogP contribution in [0.4, 0.5) is 0 Å². The standard InChI is InChI=1S/C18H20N2O4/c1-3-12-6-9-16(24-12)15-5-4-10-20(15)17(21)14-8-7-13(18(22)23)11(2)19-14/h6-9,15H,3-5,10H2,1-2H3,(H,22,23). The van der Waals surface area contributed by atoms with Crippen LogP contribution < -0.4 is 0 Å². The molecule has 6 nitrogen and oxygen atoms in total. The number of carbonyl (C=O) groups excluding carboxylic acids is 1. The molecule has 1 amide bonds. The van der Waals surface area contributed by atoms with Crippen molar-refractivity contribution in [1.82, 2.24) is 9.88 Å². The number of hydrogen-bond acceptors (Lipinski definition) is 4. The lowest BCUT2D eigenvalue weighted by Gasteiger charge is -2.23. The molecule has 0 spiro atoms. The van der Waals surface area contributed by atoms with E-state index >= 15 is 0 Å². The Balaban J connectivity index is 1.85. The van der Waals surface area contributed by atoms with Crippen LogP contribution in [0, 0.1) is 6.92 Å². The minimum Gasteiger partial charge on any atom is -0.478 e. The largest absolute Gasteiger partial charge is 0.478 e. The molecule has 0 radical (unpaired) electrons. The van der Waals surface area contributed by atoms with Crippen molar-refractivity contribution >= 4 is 11.9 Å². The van der Waals surface area contributed by atoms with Gasteiger partial charge in [-0.05, 0) is 44.0 Å². The first kappa shape index (κ1) is 16.2. The number of carbonyl (C=O) groups is 2. The third-order valence-corrected chi connectivity index (χ3v) is 4.41. The fourth-order valence-electron chi connectivity index (χ4n) is 3.12. The highest BCUT2D eigenvalue weighted by molar-refractivity contribution is 5.94. The van der Waals surface area contributed by atoms with Crippen molar-refractivity contribution in [2.24, 2.45) is 0 Å². The minimum atomic E-state index is -1.04. The molecule has 1 saturated heterocycles. The molecule has 126 valence electrons. The van der Waals surface area contributed by atoms with Crippen molar-refractivity contribution in [3.63, 3.8) is 0 Å². The second-order valence-corrected chi connectivity index (χ2v) is 5.95. The van der Waals surface area contributed by atoms with Gasteiger partial charge < -0.3 is 14.4 Å². The van der Waals surface area contributed by atoms with Crippen LogP contribution in [0.2, 0.25) is 0 Å². The molecular weight excluding hydrogens is 308 g/mol. The monoisotopic (exact) mass is 328 g/mol. The highest BCUT2D eigenvalue weighted by atomic mass is 16.4. The van der Waals surface area contributed by atoms with Gasteiger partial charge in [0, 0.05) is 13.0 Å². The second-order valence-electron chi connectivity index (χ2n) is 5.95. The molecule has 0 aromatic carbocycles. The van der Waals surface area contributed by atoms with E-state index in [0.29, 0.717) is 12.2 Å². The van der Waals surface area contributed by atoms with Crippen LogP contribution in [-0.2, 0) is 6.42 Å². The van der Waals surface area contributed by atoms with E-state index < -0.39 is 5.97 Å². The molecule has 1 fully saturated rings. The Morgan fingerprint density at radius 2 is 2.12 bits per heavy atom. The van der Waals surface area contributed by atoms with Gasteiger partial charge in [-0.15, -0.1) is 0 Å². The van der Waals surface area contributed by atoms with Crippen LogP contribution in [0.1, 0.15) is 63.9 Å². The predicted molar refractivity (Wildman–Crippen MR) is 87.0 cm³/mol. The Morgan fingerprint density at radius 3 is 2.75 bits per heavy atom. The fraction of sp³-hybridized carbons (Fsp3) is 0.389. The van der Waals surface area contributed by atoms with E-state index in [1.165, 1.54) is 12.1 Å². The smallest absolute Gasteiger partial charge is 0.337 e. The average Bonchev–Trinajstić information content (AvgIpc) is 3.22. The molecule has 1 atom stereocenters. The number of carboxylic acid groups (broad SMARTS) is 1. The highest BCUT2D eigenvalue weighted by Crippen LogP contribution is 2.34. The van der Waals surface area contributed by atoms with Crippen molar-refractivity contribution in [3.8, 4) is 0 Å². The maximum Gasteiger partial charge on any atom is 0.337 e. The van der Waals surface area contributed by atoms with E-state index in [4.69, 9.17) is 9.52 Å². The maximum absolute atomic E-state index is 12.8. The minimum absolute atomic E-state index is 0.0842. The quantitative estimate of drug-likeness (QED) is 0.931. The zero-order valence-electron chi connectivity index (χ0n) is 13.8. The summed E-state index contributed by atoms with van der Waals surface area (Å²) in [6.07, 6.45) is 2.58. The second kappa shape index (κ2) is 6.47. The van der Waals surface area contributed by atoms with E-state index in [1.807, 2.05) is 19.1 Å². The number of amides is 1. The van der Waals surface area contributed by atoms with Crippen molar-refractivity contribution in [2.45, 2.75) is 39.2 Å². The number of nitrogens with zero attached hydrogens (tertiary/aromatic N) is 2. The normalized spacial score (nSPS) is 17.2. The van der Waals surface area contributed by atoms with Crippen LogP contribution in [-0.4, -0.2) is 33.4 Å². The van der Waals surface area contributed by atoms with Gasteiger partial charge in [-0.3, -0.25) is 4.79 Å². The molecule has 3 heterocycles. The van der Waals surface area contributed by atoms with Gasteiger partial charge in [0.1, 0.15) is 17.2 Å². The number of aryl methyl sites for hydroxylation is 2. The Kier molecular flexibility index (Phi) is 4.38. The summed E-state index contributed by atoms with van der Waals surface area (Å²) < 4.78 is 5.82. The van der Waals surface area contributed by atoms with Crippen LogP contribution >= 0.6 is 0 Å². The molecule has 1 unspecified atom stereocenters. The van der Waals surface area contributed by atoms with E-state index in [2.05, 4.69) is 4.98 Å². The molecule has 0 aliphatic carbocycles. The number of likely N-dealkylation sites (tertiary alicyclic amines) is 1. The molecule has 3 rings (SSSR count). The lowest BCUT2D eigenvalue weighted by Crippen LogP contribution is -2.31. The number of aromatic carboxylic acids is 1. The first-order valence-corrected chi connectivity index (χ1v) is 8.11. The third kappa shape index (κ3) is 2.91. The van der Waals surface area contributed by atoms with Gasteiger partial charge in [-0.2, -0.15) is 0 Å². The number of aromatic nitrogens is 1. The SMILES string of the molecule is CCc1ccc(C2CCCN2C(=O)c2ccc(C(=O)O)c(C)n2)o1. The van der Waals surface area contributed by atoms with E-state index in [0.717, 1.165) is 30.8 Å². The van der Waals surface area contributed by atoms with Gasteiger partial charge in [0.05, 0.1) is 17.3 Å². The molecule has 0 saturated carbocycles. The number of pyridine rings is 1. The molecule has 0 bridgehead atoms. The molecule has 1 aliphatic rings. The van der Waals surface area contributed by atoms with Gasteiger partial charge in [0.2, 0.25) is 0 Å². The summed E-state index contributed by atoms with van der Waals surface area (Å²) in [5.74, 6) is 0.480. The highest BCUT2D eigenvalue weighted by Gasteiger charge is 2.33. The molecule has 6 heteroatoms. The first-order valence-electron chi connectivity index (χ1n) is 8.11. The van der Waals surface area contributed by atoms with E-state index in [1.54, 1.807) is 11.8 Å². The number of hydrogen-bond donors (Lipinski definition) is 1. The van der Waals surface area contributed by atoms with Crippen molar-refractivity contribution in [3.05, 3.63) is 52.7 Å². The van der Waals surface area contributed by atoms with Gasteiger partial charge in [0.15, 0.2) is 0 Å². The maximum atomic E-state index is 12.8. The predicted octanol–water partition coefficient (Wildman–Crippen LogP) is 3.22. The third-order valence-electron chi connectivity index (χ3n) is 4.41. The zero-order valence-corrected chi connectivity index (χ0v) is 13.8. The molecule has 2 aromatic rings. The Bertz CT molecular complexity index is 781. The molecule has 2 aromatic heterocycles. The molecular formula is C18H20N2O4. The van der Waals surface area contributed by atoms with E-state index in [-0.39, 0.29) is 23.2 Å². The van der Waals surface area contributed by atoms with Gasteiger partial charge in [-0.1, -0.05) is 6.92 Å². The average molecular weight is 328 g/mol.